The van der Waals surface area contributed by atoms with Crippen molar-refractivity contribution >= 4 is 11.9 Å². The molecule has 0 aliphatic carbocycles. The molecule has 0 unspecified atom stereocenters. The zero-order chi connectivity index (χ0) is 12.3. The van der Waals surface area contributed by atoms with E-state index in [1.54, 1.807) is 0 Å². The maximum absolute atomic E-state index is 12.1. The van der Waals surface area contributed by atoms with Crippen molar-refractivity contribution in [3.8, 4) is 0 Å². The minimum atomic E-state index is -0.255. The Hall–Kier alpha value is -2.11. The van der Waals surface area contributed by atoms with Gasteiger partial charge in [-0.25, -0.2) is 5.10 Å². The number of anilines is 1. The van der Waals surface area contributed by atoms with Crippen molar-refractivity contribution in [1.29, 1.82) is 0 Å². The first-order valence-corrected chi connectivity index (χ1v) is 5.47. The van der Waals surface area contributed by atoms with Gasteiger partial charge in [-0.2, -0.15) is 10.1 Å². The van der Waals surface area contributed by atoms with Gasteiger partial charge in [-0.1, -0.05) is 13.8 Å². The number of hydrogen-bond donors (Lipinski definition) is 2. The highest BCUT2D eigenvalue weighted by Gasteiger charge is 2.23. The van der Waals surface area contributed by atoms with E-state index in [4.69, 9.17) is 0 Å². The summed E-state index contributed by atoms with van der Waals surface area (Å²) in [5.74, 6) is 0.450. The summed E-state index contributed by atoms with van der Waals surface area (Å²) in [5.41, 5.74) is 0. The van der Waals surface area contributed by atoms with E-state index in [-0.39, 0.29) is 17.9 Å². The molecule has 2 rings (SSSR count). The number of hydrogen-bond acceptors (Lipinski definition) is 3. The number of nitrogens with one attached hydrogen (secondary N) is 2. The van der Waals surface area contributed by atoms with Crippen LogP contribution in [0.15, 0.2) is 30.9 Å². The van der Waals surface area contributed by atoms with Gasteiger partial charge < -0.3 is 4.57 Å². The van der Waals surface area contributed by atoms with Crippen molar-refractivity contribution in [1.82, 2.24) is 19.7 Å². The highest BCUT2D eigenvalue weighted by molar-refractivity contribution is 5.92. The first-order chi connectivity index (χ1) is 8.18. The van der Waals surface area contributed by atoms with Crippen LogP contribution in [0.1, 0.15) is 19.9 Å². The lowest BCUT2D eigenvalue weighted by Gasteiger charge is -2.21. The molecule has 2 N–H and O–H groups in total. The molecule has 1 amide bonds. The number of aromatic nitrogens is 4. The Morgan fingerprint density at radius 1 is 1.41 bits per heavy atom. The maximum atomic E-state index is 12.1. The summed E-state index contributed by atoms with van der Waals surface area (Å²) in [5, 5.41) is 8.99. The summed E-state index contributed by atoms with van der Waals surface area (Å²) in [6, 6.07) is 3.55. The fraction of sp³-hybridized carbons (Fsp3) is 0.364. The molecule has 0 fully saturated rings. The largest absolute Gasteiger partial charge is 0.342 e. The zero-order valence-electron chi connectivity index (χ0n) is 9.79. The molecule has 2 aromatic rings. The monoisotopic (exact) mass is 233 g/mol. The third kappa shape index (κ3) is 2.52. The molecule has 0 radical (unpaired) electrons. The molecular weight excluding hydrogens is 218 g/mol. The molecule has 6 nitrogen and oxygen atoms in total. The number of amides is 1. The molecule has 6 heteroatoms. The molecule has 0 saturated carbocycles. The number of carbonyl (C=O) groups is 1. The summed E-state index contributed by atoms with van der Waals surface area (Å²) >= 11 is 0. The Kier molecular flexibility index (Phi) is 3.22. The topological polar surface area (TPSA) is 75.6 Å². The van der Waals surface area contributed by atoms with E-state index >= 15 is 0 Å². The van der Waals surface area contributed by atoms with Gasteiger partial charge in [-0.3, -0.25) is 10.1 Å². The van der Waals surface area contributed by atoms with E-state index in [2.05, 4.69) is 20.5 Å². The van der Waals surface area contributed by atoms with Crippen molar-refractivity contribution in [3.63, 3.8) is 0 Å². The summed E-state index contributed by atoms with van der Waals surface area (Å²) in [4.78, 5) is 16.0. The fourth-order valence-electron chi connectivity index (χ4n) is 1.77. The van der Waals surface area contributed by atoms with Crippen LogP contribution in [0.3, 0.4) is 0 Å². The zero-order valence-corrected chi connectivity index (χ0v) is 9.79. The van der Waals surface area contributed by atoms with Crippen molar-refractivity contribution in [2.75, 3.05) is 5.32 Å². The Morgan fingerprint density at radius 2 is 2.12 bits per heavy atom. The summed E-state index contributed by atoms with van der Waals surface area (Å²) in [7, 11) is 0. The number of H-pyrrole nitrogens is 1. The Balaban J connectivity index is 2.14. The predicted octanol–water partition coefficient (Wildman–Crippen LogP) is 1.44. The Morgan fingerprint density at radius 3 is 2.65 bits per heavy atom. The molecule has 2 aromatic heterocycles. The van der Waals surface area contributed by atoms with E-state index in [1.807, 2.05) is 42.9 Å². The number of aromatic amines is 1. The third-order valence-electron chi connectivity index (χ3n) is 2.51. The van der Waals surface area contributed by atoms with Gasteiger partial charge in [0.05, 0.1) is 0 Å². The van der Waals surface area contributed by atoms with Crippen molar-refractivity contribution < 1.29 is 4.79 Å². The lowest BCUT2D eigenvalue weighted by Crippen LogP contribution is -2.29. The number of rotatable bonds is 4. The fourth-order valence-corrected chi connectivity index (χ4v) is 1.77. The van der Waals surface area contributed by atoms with E-state index in [1.165, 1.54) is 6.33 Å². The van der Waals surface area contributed by atoms with E-state index in [9.17, 15) is 4.79 Å². The minimum Gasteiger partial charge on any atom is -0.342 e. The third-order valence-corrected chi connectivity index (χ3v) is 2.51. The van der Waals surface area contributed by atoms with Crippen molar-refractivity contribution in [2.24, 2.45) is 5.92 Å². The minimum absolute atomic E-state index is 0.104. The second-order valence-electron chi connectivity index (χ2n) is 4.14. The summed E-state index contributed by atoms with van der Waals surface area (Å²) in [6.45, 7) is 4.01. The summed E-state index contributed by atoms with van der Waals surface area (Å²) < 4.78 is 1.89. The Labute approximate surface area is 99.1 Å². The van der Waals surface area contributed by atoms with Crippen molar-refractivity contribution in [2.45, 2.75) is 19.9 Å². The van der Waals surface area contributed by atoms with Gasteiger partial charge in [-0.05, 0) is 18.1 Å². The lowest BCUT2D eigenvalue weighted by atomic mass is 10.0. The second-order valence-corrected chi connectivity index (χ2v) is 4.14. The average Bonchev–Trinajstić information content (AvgIpc) is 2.89. The van der Waals surface area contributed by atoms with Gasteiger partial charge in [-0.15, -0.1) is 0 Å². The summed E-state index contributed by atoms with van der Waals surface area (Å²) in [6.07, 6.45) is 5.12. The molecule has 2 heterocycles. The first-order valence-electron chi connectivity index (χ1n) is 5.47. The molecule has 17 heavy (non-hydrogen) atoms. The number of nitrogens with zero attached hydrogens (tertiary/aromatic N) is 3. The van der Waals surface area contributed by atoms with E-state index in [0.717, 1.165) is 0 Å². The number of carbonyl (C=O) groups excluding carboxylic acids is 1. The highest BCUT2D eigenvalue weighted by Crippen LogP contribution is 2.19. The van der Waals surface area contributed by atoms with E-state index < -0.39 is 0 Å². The SMILES string of the molecule is CC(C)[C@H](C(=O)Nc1ncn[nH]1)n1cccc1. The van der Waals surface area contributed by atoms with Crippen LogP contribution >= 0.6 is 0 Å². The van der Waals surface area contributed by atoms with Crippen LogP contribution in [-0.4, -0.2) is 25.7 Å². The molecule has 0 aromatic carbocycles. The second kappa shape index (κ2) is 4.82. The molecule has 90 valence electrons. The Bertz CT molecular complexity index is 460. The molecule has 0 aliphatic rings. The molecule has 0 aliphatic heterocycles. The maximum Gasteiger partial charge on any atom is 0.250 e. The van der Waals surface area contributed by atoms with Crippen LogP contribution in [-0.2, 0) is 4.79 Å². The molecule has 0 spiro atoms. The van der Waals surface area contributed by atoms with Gasteiger partial charge in [0.2, 0.25) is 11.9 Å². The van der Waals surface area contributed by atoms with Crippen LogP contribution in [0.5, 0.6) is 0 Å². The smallest absolute Gasteiger partial charge is 0.250 e. The first kappa shape index (κ1) is 11.4. The predicted molar refractivity (Wildman–Crippen MR) is 63.3 cm³/mol. The van der Waals surface area contributed by atoms with Gasteiger partial charge >= 0.3 is 0 Å². The van der Waals surface area contributed by atoms with Crippen LogP contribution in [0.25, 0.3) is 0 Å². The van der Waals surface area contributed by atoms with Crippen LogP contribution < -0.4 is 5.32 Å². The van der Waals surface area contributed by atoms with Gasteiger partial charge in [0.1, 0.15) is 12.4 Å². The van der Waals surface area contributed by atoms with Gasteiger partial charge in [0.25, 0.3) is 0 Å². The molecular formula is C11H15N5O. The molecule has 1 atom stereocenters. The standard InChI is InChI=1S/C11H15N5O/c1-8(2)9(16-5-3-4-6-16)10(17)14-11-12-7-13-15-11/h3-9H,1-2H3,(H2,12,13,14,15,17)/t9-/m1/s1. The van der Waals surface area contributed by atoms with Gasteiger partial charge in [0.15, 0.2) is 0 Å². The van der Waals surface area contributed by atoms with Crippen LogP contribution in [0.2, 0.25) is 0 Å². The van der Waals surface area contributed by atoms with Crippen LogP contribution in [0, 0.1) is 5.92 Å². The van der Waals surface area contributed by atoms with Gasteiger partial charge in [0, 0.05) is 12.4 Å². The van der Waals surface area contributed by atoms with Crippen molar-refractivity contribution in [3.05, 3.63) is 30.9 Å². The molecule has 0 bridgehead atoms. The molecule has 0 saturated heterocycles. The highest BCUT2D eigenvalue weighted by atomic mass is 16.2. The van der Waals surface area contributed by atoms with Crippen LogP contribution in [0.4, 0.5) is 5.95 Å². The quantitative estimate of drug-likeness (QED) is 0.839. The lowest BCUT2D eigenvalue weighted by molar-refractivity contribution is -0.120. The normalized spacial score (nSPS) is 12.6. The van der Waals surface area contributed by atoms with E-state index in [0.29, 0.717) is 5.95 Å². The average molecular weight is 233 g/mol.